The second-order valence-electron chi connectivity index (χ2n) is 8.16. The van der Waals surface area contributed by atoms with Gasteiger partial charge >= 0.3 is 0 Å². The molecule has 4 aromatic rings. The maximum absolute atomic E-state index is 6.00. The summed E-state index contributed by atoms with van der Waals surface area (Å²) >= 11 is 0. The lowest BCUT2D eigenvalue weighted by Gasteiger charge is -2.20. The summed E-state index contributed by atoms with van der Waals surface area (Å²) in [6, 6.07) is 13.4. The van der Waals surface area contributed by atoms with E-state index in [1.165, 1.54) is 30.2 Å². The van der Waals surface area contributed by atoms with Gasteiger partial charge in [-0.2, -0.15) is 0 Å². The second-order valence-corrected chi connectivity index (χ2v) is 8.16. The molecule has 3 aromatic heterocycles. The van der Waals surface area contributed by atoms with E-state index in [1.54, 1.807) is 6.33 Å². The van der Waals surface area contributed by atoms with Crippen LogP contribution in [-0.4, -0.2) is 19.5 Å². The summed E-state index contributed by atoms with van der Waals surface area (Å²) in [6.45, 7) is 10.4. The average molecular weight is 448 g/mol. The van der Waals surface area contributed by atoms with Crippen LogP contribution in [0.15, 0.2) is 55.1 Å². The number of pyridine rings is 1. The topological polar surface area (TPSA) is 69.6 Å². The summed E-state index contributed by atoms with van der Waals surface area (Å²) in [6.07, 6.45) is 10.3. The molecule has 1 fully saturated rings. The first-order valence-corrected chi connectivity index (χ1v) is 12.1. The van der Waals surface area contributed by atoms with E-state index >= 15 is 0 Å². The Morgan fingerprint density at radius 2 is 1.82 bits per heavy atom. The molecule has 5 rings (SSSR count). The highest BCUT2D eigenvalue weighted by Crippen LogP contribution is 2.41. The van der Waals surface area contributed by atoms with Gasteiger partial charge in [-0.05, 0) is 61.3 Å². The fourth-order valence-electron chi connectivity index (χ4n) is 4.82. The Labute approximate surface area is 199 Å². The number of hydrogen-bond acceptors (Lipinski definition) is 4. The van der Waals surface area contributed by atoms with E-state index in [1.807, 2.05) is 46.0 Å². The Kier molecular flexibility index (Phi) is 9.83. The van der Waals surface area contributed by atoms with E-state index in [-0.39, 0.29) is 7.43 Å². The first kappa shape index (κ1) is 26.3. The number of hydrogen-bond donors (Lipinski definition) is 1. The molecule has 178 valence electrons. The quantitative estimate of drug-likeness (QED) is 0.352. The van der Waals surface area contributed by atoms with E-state index < -0.39 is 0 Å². The van der Waals surface area contributed by atoms with Gasteiger partial charge in [0.15, 0.2) is 0 Å². The van der Waals surface area contributed by atoms with Gasteiger partial charge in [-0.25, -0.2) is 9.97 Å². The molecular weight excluding hydrogens is 406 g/mol. The lowest BCUT2D eigenvalue weighted by Crippen LogP contribution is -2.13. The molecule has 33 heavy (non-hydrogen) atoms. The molecule has 0 spiro atoms. The van der Waals surface area contributed by atoms with Gasteiger partial charge in [0.05, 0.1) is 10.9 Å². The van der Waals surface area contributed by atoms with Crippen molar-refractivity contribution in [2.75, 3.05) is 5.73 Å². The Bertz CT molecular complexity index is 1130. The van der Waals surface area contributed by atoms with Crippen LogP contribution < -0.4 is 5.73 Å². The number of fused-ring (bicyclic) bond motifs is 2. The van der Waals surface area contributed by atoms with Crippen LogP contribution in [0.25, 0.3) is 21.9 Å². The first-order valence-electron chi connectivity index (χ1n) is 12.1. The Balaban J connectivity index is 0.000000733. The maximum atomic E-state index is 6.00. The number of nitrogen functional groups attached to an aromatic ring is 1. The van der Waals surface area contributed by atoms with Crippen molar-refractivity contribution in [2.45, 2.75) is 73.8 Å². The largest absolute Gasteiger partial charge is 0.383 e. The maximum Gasteiger partial charge on any atom is 0.145 e. The summed E-state index contributed by atoms with van der Waals surface area (Å²) in [5, 5.41) is 2.17. The molecule has 0 radical (unpaired) electrons. The van der Waals surface area contributed by atoms with Crippen molar-refractivity contribution in [2.24, 2.45) is 11.8 Å². The highest BCUT2D eigenvalue weighted by atomic mass is 15.1. The minimum absolute atomic E-state index is 0. The van der Waals surface area contributed by atoms with Gasteiger partial charge in [0, 0.05) is 23.8 Å². The molecular formula is C28H41N5. The lowest BCUT2D eigenvalue weighted by atomic mass is 9.87. The number of benzene rings is 1. The number of rotatable bonds is 4. The summed E-state index contributed by atoms with van der Waals surface area (Å²) in [7, 11) is 0. The van der Waals surface area contributed by atoms with Crippen LogP contribution in [-0.2, 0) is 6.42 Å². The summed E-state index contributed by atoms with van der Waals surface area (Å²) in [5.41, 5.74) is 9.44. The summed E-state index contributed by atoms with van der Waals surface area (Å²) < 4.78 is 2.31. The molecule has 2 N–H and O–H groups in total. The summed E-state index contributed by atoms with van der Waals surface area (Å²) in [4.78, 5) is 13.1. The van der Waals surface area contributed by atoms with Gasteiger partial charge in [-0.1, -0.05) is 60.2 Å². The third-order valence-electron chi connectivity index (χ3n) is 6.41. The van der Waals surface area contributed by atoms with Crippen molar-refractivity contribution < 1.29 is 0 Å². The zero-order valence-corrected chi connectivity index (χ0v) is 20.1. The fourth-order valence-corrected chi connectivity index (χ4v) is 4.82. The molecule has 1 aliphatic carbocycles. The molecule has 0 bridgehead atoms. The highest BCUT2D eigenvalue weighted by Gasteiger charge is 2.30. The van der Waals surface area contributed by atoms with E-state index in [0.29, 0.717) is 17.8 Å². The Morgan fingerprint density at radius 1 is 1.03 bits per heavy atom. The van der Waals surface area contributed by atoms with Gasteiger partial charge in [-0.3, -0.25) is 4.98 Å². The third-order valence-corrected chi connectivity index (χ3v) is 6.41. The van der Waals surface area contributed by atoms with Crippen molar-refractivity contribution in [3.63, 3.8) is 0 Å². The third kappa shape index (κ3) is 5.70. The van der Waals surface area contributed by atoms with Gasteiger partial charge in [-0.15, -0.1) is 0 Å². The normalized spacial score (nSPS) is 18.0. The monoisotopic (exact) mass is 447 g/mol. The highest BCUT2D eigenvalue weighted by molar-refractivity contribution is 5.86. The minimum atomic E-state index is 0. The van der Waals surface area contributed by atoms with Crippen LogP contribution in [0.4, 0.5) is 5.82 Å². The zero-order chi connectivity index (χ0) is 23.1. The van der Waals surface area contributed by atoms with E-state index in [9.17, 15) is 0 Å². The molecule has 3 heterocycles. The summed E-state index contributed by atoms with van der Waals surface area (Å²) in [5.74, 6) is 1.94. The number of aromatic nitrogens is 4. The van der Waals surface area contributed by atoms with Crippen molar-refractivity contribution in [1.82, 2.24) is 19.5 Å². The Hall–Kier alpha value is -2.95. The van der Waals surface area contributed by atoms with E-state index in [2.05, 4.69) is 56.9 Å². The van der Waals surface area contributed by atoms with Crippen molar-refractivity contribution >= 4 is 27.8 Å². The van der Waals surface area contributed by atoms with Crippen LogP contribution >= 0.6 is 0 Å². The van der Waals surface area contributed by atoms with Gasteiger partial charge in [0.25, 0.3) is 0 Å². The van der Waals surface area contributed by atoms with Gasteiger partial charge in [0.2, 0.25) is 0 Å². The predicted molar refractivity (Wildman–Crippen MR) is 142 cm³/mol. The van der Waals surface area contributed by atoms with Crippen molar-refractivity contribution in [3.8, 4) is 0 Å². The number of anilines is 1. The first-order chi connectivity index (χ1) is 15.7. The van der Waals surface area contributed by atoms with Gasteiger partial charge < -0.3 is 10.3 Å². The molecule has 0 aliphatic heterocycles. The molecule has 0 amide bonds. The zero-order valence-electron chi connectivity index (χ0n) is 20.1. The van der Waals surface area contributed by atoms with Crippen molar-refractivity contribution in [1.29, 1.82) is 0 Å². The van der Waals surface area contributed by atoms with Crippen molar-refractivity contribution in [3.05, 3.63) is 60.7 Å². The number of nitrogens with zero attached hydrogens (tertiary/aromatic N) is 4. The van der Waals surface area contributed by atoms with Crippen LogP contribution in [0, 0.1) is 11.8 Å². The molecule has 5 nitrogen and oxygen atoms in total. The van der Waals surface area contributed by atoms with Gasteiger partial charge in [0.1, 0.15) is 17.8 Å². The second kappa shape index (κ2) is 12.3. The molecule has 1 aliphatic rings. The van der Waals surface area contributed by atoms with Crippen LogP contribution in [0.5, 0.6) is 0 Å². The van der Waals surface area contributed by atoms with Crippen LogP contribution in [0.2, 0.25) is 0 Å². The standard InChI is InChI=1S/C23H25N5.2C2H6.CH4/c1-15(11-16-4-5-17-3-2-9-25-21(17)12-16)18-6-7-19(13-18)28-10-8-20-22(24)26-14-27-23(20)28;2*1-2;/h2-5,8-10,12,14-15,18-19H,6-7,11,13H2,1H3,(H2,24,26,27);2*1-2H3;1H4. The molecule has 1 saturated carbocycles. The van der Waals surface area contributed by atoms with E-state index in [4.69, 9.17) is 5.73 Å². The minimum Gasteiger partial charge on any atom is -0.383 e. The average Bonchev–Trinajstić information content (AvgIpc) is 3.50. The molecule has 1 aromatic carbocycles. The molecule has 3 unspecified atom stereocenters. The Morgan fingerprint density at radius 3 is 2.61 bits per heavy atom. The van der Waals surface area contributed by atoms with E-state index in [0.717, 1.165) is 28.9 Å². The lowest BCUT2D eigenvalue weighted by molar-refractivity contribution is 0.351. The number of nitrogens with two attached hydrogens (primary N) is 1. The smallest absolute Gasteiger partial charge is 0.145 e. The molecule has 0 saturated heterocycles. The van der Waals surface area contributed by atoms with Crippen LogP contribution in [0.1, 0.15) is 72.9 Å². The molecule has 3 atom stereocenters. The fraction of sp³-hybridized carbons (Fsp3) is 0.464. The predicted octanol–water partition coefficient (Wildman–Crippen LogP) is 7.47. The molecule has 5 heteroatoms. The SMILES string of the molecule is C.CC.CC.CC(Cc1ccc2cccnc2c1)C1CCC(n2ccc3c(N)ncnc32)C1. The van der Waals surface area contributed by atoms with Crippen LogP contribution in [0.3, 0.4) is 0 Å².